The van der Waals surface area contributed by atoms with Gasteiger partial charge in [0.2, 0.25) is 0 Å². The van der Waals surface area contributed by atoms with E-state index in [1.54, 1.807) is 0 Å². The summed E-state index contributed by atoms with van der Waals surface area (Å²) in [6, 6.07) is 0. The summed E-state index contributed by atoms with van der Waals surface area (Å²) in [5.74, 6) is 0. The normalized spacial score (nSPS) is 23.1. The first-order valence-corrected chi connectivity index (χ1v) is 3.82. The van der Waals surface area contributed by atoms with Crippen molar-refractivity contribution in [3.8, 4) is 0 Å². The molecule has 0 spiro atoms. The summed E-state index contributed by atoms with van der Waals surface area (Å²) in [5.41, 5.74) is 0. The fourth-order valence-electron chi connectivity index (χ4n) is 0. The maximum absolute atomic E-state index is 11.0. The Labute approximate surface area is 35.9 Å². The molecule has 0 aliphatic carbocycles. The average molecular weight is 166 g/mol. The first kappa shape index (κ1) is 7.11. The number of rotatable bonds is 0. The van der Waals surface area contributed by atoms with Gasteiger partial charge in [-0.05, 0) is 0 Å². The van der Waals surface area contributed by atoms with E-state index in [1.165, 1.54) is 0 Å². The van der Waals surface area contributed by atoms with E-state index in [0.717, 1.165) is 0 Å². The van der Waals surface area contributed by atoms with Crippen molar-refractivity contribution in [2.45, 2.75) is 0 Å². The predicted molar refractivity (Wildman–Crippen MR) is 6.65 cm³/mol. The van der Waals surface area contributed by atoms with Crippen LogP contribution in [0, 0.1) is 0 Å². The Morgan fingerprint density at radius 3 is 0.571 bits per heavy atom. The molecule has 0 atom stereocenters. The number of hydrogen-bond acceptors (Lipinski definition) is 0. The molecule has 0 amide bonds. The molecule has 0 radical (unpaired) electrons. The van der Waals surface area contributed by atoms with E-state index in [2.05, 4.69) is 0 Å². The van der Waals surface area contributed by atoms with Gasteiger partial charge in [0.1, 0.15) is 0 Å². The second kappa shape index (κ2) is 0.700. The van der Waals surface area contributed by atoms with Crippen LogP contribution in [0.4, 0.5) is 21.1 Å². The van der Waals surface area contributed by atoms with Gasteiger partial charge in [-0.1, -0.05) is 0 Å². The number of hydrogen-bond donors (Lipinski definition) is 0. The first-order valence-electron chi connectivity index (χ1n) is 0.926. The van der Waals surface area contributed by atoms with E-state index >= 15 is 0 Å². The van der Waals surface area contributed by atoms with Gasteiger partial charge in [0, 0.05) is 0 Å². The molecule has 0 aliphatic rings. The van der Waals surface area contributed by atoms with Crippen molar-refractivity contribution in [3.05, 3.63) is 0 Å². The summed E-state index contributed by atoms with van der Waals surface area (Å²) < 4.78 is 59.4. The third kappa shape index (κ3) is 8170. The molecule has 0 rings (SSSR count). The van der Waals surface area contributed by atoms with Crippen LogP contribution in [0.25, 0.3) is 0 Å². The molecular weight excluding hydrogens is 166 g/mol. The summed E-state index contributed by atoms with van der Waals surface area (Å²) in [5, 5.41) is 0. The molecule has 0 saturated heterocycles. The Bertz CT molecular complexity index is 62.7. The van der Waals surface area contributed by atoms with Gasteiger partial charge in [0.25, 0.3) is 0 Å². The van der Waals surface area contributed by atoms with Gasteiger partial charge in [-0.25, -0.2) is 0 Å². The Morgan fingerprint density at radius 2 is 0.571 bits per heavy atom. The Hall–Kier alpha value is 0.112. The quantitative estimate of drug-likeness (QED) is 0.485. The molecule has 0 aromatic rings. The molecule has 51 valence electrons. The molecule has 0 bridgehead atoms. The third-order valence-corrected chi connectivity index (χ3v) is 0. The van der Waals surface area contributed by atoms with Crippen molar-refractivity contribution < 1.29 is 34.8 Å². The first-order chi connectivity index (χ1) is 2.45. The molecule has 0 heterocycles. The van der Waals surface area contributed by atoms with Crippen molar-refractivity contribution in [3.63, 3.8) is 0 Å². The van der Waals surface area contributed by atoms with Gasteiger partial charge in [-0.2, -0.15) is 0 Å². The van der Waals surface area contributed by atoms with Gasteiger partial charge < -0.3 is 0 Å². The van der Waals surface area contributed by atoms with Gasteiger partial charge in [-0.3, -0.25) is 0 Å². The molecule has 0 aromatic carbocycles. The second-order valence-corrected chi connectivity index (χ2v) is 3.61. The standard InChI is InChI=1S/Cr.6FH/h;6*1H/q+3;;;;;;/p-6. The van der Waals surface area contributed by atoms with E-state index in [9.17, 15) is 21.1 Å². The van der Waals surface area contributed by atoms with Crippen molar-refractivity contribution in [2.75, 3.05) is 0 Å². The van der Waals surface area contributed by atoms with Crippen LogP contribution < -0.4 is 0 Å². The zero-order chi connectivity index (χ0) is 6.41. The molecule has 0 fully saturated rings. The summed E-state index contributed by atoms with van der Waals surface area (Å²) in [4.78, 5) is 0. The Kier molecular flexibility index (Phi) is 0.711. The van der Waals surface area contributed by atoms with E-state index in [-0.39, 0.29) is 0 Å². The minimum atomic E-state index is -11.0. The summed E-state index contributed by atoms with van der Waals surface area (Å²) in [6.45, 7) is 0. The third-order valence-electron chi connectivity index (χ3n) is 0. The minimum absolute atomic E-state index is 9.90. The van der Waals surface area contributed by atoms with E-state index < -0.39 is 13.7 Å². The predicted octanol–water partition coefficient (Wildman–Crippen LogP) is 2.52. The van der Waals surface area contributed by atoms with Crippen LogP contribution in [-0.2, 0) is 13.7 Å². The molecule has 7 heteroatoms. The van der Waals surface area contributed by atoms with Gasteiger partial charge >= 0.3 is 34.8 Å². The van der Waals surface area contributed by atoms with Crippen LogP contribution in [-0.4, -0.2) is 0 Å². The summed E-state index contributed by atoms with van der Waals surface area (Å²) >= 11 is -11.0. The Balaban J connectivity index is 4.43. The fraction of sp³-hybridized carbons (Fsp3) is 0. The molecule has 0 saturated carbocycles. The zero-order valence-corrected chi connectivity index (χ0v) is 3.95. The van der Waals surface area contributed by atoms with Crippen LogP contribution >= 0.6 is 0 Å². The van der Waals surface area contributed by atoms with E-state index in [1.807, 2.05) is 0 Å². The fourth-order valence-corrected chi connectivity index (χ4v) is 0. The Morgan fingerprint density at radius 1 is 0.571 bits per heavy atom. The van der Waals surface area contributed by atoms with Crippen LogP contribution in [0.3, 0.4) is 0 Å². The number of halogens is 6. The van der Waals surface area contributed by atoms with E-state index in [4.69, 9.17) is 0 Å². The summed E-state index contributed by atoms with van der Waals surface area (Å²) in [6.07, 6.45) is 0. The van der Waals surface area contributed by atoms with Crippen LogP contribution in [0.1, 0.15) is 0 Å². The molecule has 0 aliphatic heterocycles. The molecular formula is CrF6-3. The summed E-state index contributed by atoms with van der Waals surface area (Å²) in [7, 11) is 0. The zero-order valence-electron chi connectivity index (χ0n) is 2.68. The van der Waals surface area contributed by atoms with Gasteiger partial charge in [0.15, 0.2) is 0 Å². The molecule has 0 unspecified atom stereocenters. The maximum atomic E-state index is 9.90. The van der Waals surface area contributed by atoms with Crippen LogP contribution in [0.2, 0.25) is 0 Å². The van der Waals surface area contributed by atoms with Gasteiger partial charge in [0.05, 0.1) is 0 Å². The van der Waals surface area contributed by atoms with Crippen molar-refractivity contribution in [2.24, 2.45) is 0 Å². The molecule has 0 nitrogen and oxygen atoms in total. The average Bonchev–Trinajstić information content (AvgIpc) is 0.592. The van der Waals surface area contributed by atoms with Crippen LogP contribution in [0.15, 0.2) is 0 Å². The van der Waals surface area contributed by atoms with Crippen molar-refractivity contribution in [1.29, 1.82) is 0 Å². The second-order valence-electron chi connectivity index (χ2n) is 0.875. The molecule has 0 aromatic heterocycles. The monoisotopic (exact) mass is 166 g/mol. The van der Waals surface area contributed by atoms with Crippen molar-refractivity contribution >= 4 is 0 Å². The van der Waals surface area contributed by atoms with Crippen molar-refractivity contribution in [1.82, 2.24) is 0 Å². The van der Waals surface area contributed by atoms with E-state index in [0.29, 0.717) is 0 Å². The topological polar surface area (TPSA) is 0 Å². The SMILES string of the molecule is [F][Cr-3]([F])([F])([F])([F])[F]. The molecule has 0 N–H and O–H groups in total. The van der Waals surface area contributed by atoms with Gasteiger partial charge in [-0.15, -0.1) is 0 Å². The van der Waals surface area contributed by atoms with Crippen LogP contribution in [0.5, 0.6) is 0 Å². The molecule has 7 heavy (non-hydrogen) atoms.